The van der Waals surface area contributed by atoms with Crippen molar-refractivity contribution >= 4 is 21.7 Å². The van der Waals surface area contributed by atoms with E-state index in [9.17, 15) is 4.79 Å². The lowest BCUT2D eigenvalue weighted by Crippen LogP contribution is -2.07. The van der Waals surface area contributed by atoms with Crippen molar-refractivity contribution in [2.45, 2.75) is 33.6 Å². The molecule has 3 aromatic carbocycles. The summed E-state index contributed by atoms with van der Waals surface area (Å²) in [4.78, 5) is 12.5. The van der Waals surface area contributed by atoms with Crippen LogP contribution in [0.15, 0.2) is 89.4 Å². The van der Waals surface area contributed by atoms with E-state index >= 15 is 0 Å². The number of carbonyl (C=O) groups excluding carboxylic acids is 1. The summed E-state index contributed by atoms with van der Waals surface area (Å²) < 4.78 is 0.991. The maximum absolute atomic E-state index is 12.5. The lowest BCUT2D eigenvalue weighted by molar-refractivity contribution is 0.0992. The fourth-order valence-corrected chi connectivity index (χ4v) is 3.25. The number of benzene rings is 3. The number of hydrogen-bond acceptors (Lipinski definition) is 1. The molecule has 0 unspecified atom stereocenters. The molecule has 0 heterocycles. The van der Waals surface area contributed by atoms with Gasteiger partial charge in [-0.15, -0.1) is 0 Å². The van der Waals surface area contributed by atoms with Crippen LogP contribution in [0.2, 0.25) is 0 Å². The van der Waals surface area contributed by atoms with Crippen LogP contribution in [0.4, 0.5) is 0 Å². The summed E-state index contributed by atoms with van der Waals surface area (Å²) >= 11 is 3.46. The molecule has 0 bridgehead atoms. The normalized spacial score (nSPS) is 10.0. The molecule has 0 aromatic heterocycles. The number of carbonyl (C=O) groups is 1. The molecule has 0 aliphatic heterocycles. The van der Waals surface area contributed by atoms with Crippen LogP contribution in [0.5, 0.6) is 0 Å². The molecule has 0 aliphatic carbocycles. The Morgan fingerprint density at radius 3 is 1.96 bits per heavy atom. The Morgan fingerprint density at radius 1 is 0.857 bits per heavy atom. The van der Waals surface area contributed by atoms with Crippen molar-refractivity contribution in [3.05, 3.63) is 117 Å². The average molecular weight is 435 g/mol. The molecule has 0 radical (unpaired) electrons. The van der Waals surface area contributed by atoms with E-state index < -0.39 is 0 Å². The van der Waals surface area contributed by atoms with Crippen molar-refractivity contribution < 1.29 is 4.79 Å². The van der Waals surface area contributed by atoms with Crippen molar-refractivity contribution in [2.24, 2.45) is 0 Å². The van der Waals surface area contributed by atoms with Gasteiger partial charge in [-0.2, -0.15) is 0 Å². The van der Waals surface area contributed by atoms with E-state index in [-0.39, 0.29) is 5.78 Å². The maximum Gasteiger partial charge on any atom is 0.167 e. The van der Waals surface area contributed by atoms with Gasteiger partial charge in [-0.05, 0) is 67.6 Å². The third-order valence-corrected chi connectivity index (χ3v) is 4.99. The molecule has 0 spiro atoms. The fourth-order valence-electron chi connectivity index (χ4n) is 2.84. The predicted octanol–water partition coefficient (Wildman–Crippen LogP) is 7.30. The van der Waals surface area contributed by atoms with Crippen LogP contribution in [0.3, 0.4) is 0 Å². The third-order valence-electron chi connectivity index (χ3n) is 4.49. The van der Waals surface area contributed by atoms with Crippen molar-refractivity contribution in [2.75, 3.05) is 0 Å². The Balaban J connectivity index is 0.000000292. The summed E-state index contributed by atoms with van der Waals surface area (Å²) in [7, 11) is 0. The van der Waals surface area contributed by atoms with Crippen molar-refractivity contribution in [3.8, 4) is 0 Å². The van der Waals surface area contributed by atoms with E-state index in [0.717, 1.165) is 33.2 Å². The minimum atomic E-state index is 0.153. The van der Waals surface area contributed by atoms with Gasteiger partial charge in [0.1, 0.15) is 0 Å². The highest BCUT2D eigenvalue weighted by Crippen LogP contribution is 2.21. The topological polar surface area (TPSA) is 17.1 Å². The Kier molecular flexibility index (Phi) is 8.41. The van der Waals surface area contributed by atoms with Gasteiger partial charge >= 0.3 is 0 Å². The number of rotatable bonds is 5. The standard InChI is InChI=1S/C18H17BrO.C8H10/c1-13(2)10-15-12-16(19)8-9-17(15)18(20)11-14-6-4-3-5-7-14;1-7-5-3-4-6-8(7)2/h3-9,12H,1,10-11H2,2H3;3-6H,1-2H3. The van der Waals surface area contributed by atoms with Crippen molar-refractivity contribution in [3.63, 3.8) is 0 Å². The quantitative estimate of drug-likeness (QED) is 0.304. The van der Waals surface area contributed by atoms with Crippen LogP contribution in [0, 0.1) is 13.8 Å². The number of hydrogen-bond donors (Lipinski definition) is 0. The van der Waals surface area contributed by atoms with E-state index in [1.165, 1.54) is 11.1 Å². The molecule has 0 saturated heterocycles. The van der Waals surface area contributed by atoms with Crippen LogP contribution in [0.25, 0.3) is 0 Å². The molecular formula is C26H27BrO. The number of halogens is 1. The highest BCUT2D eigenvalue weighted by Gasteiger charge is 2.12. The molecule has 0 saturated carbocycles. The van der Waals surface area contributed by atoms with Gasteiger partial charge in [0.15, 0.2) is 5.78 Å². The number of allylic oxidation sites excluding steroid dienone is 1. The van der Waals surface area contributed by atoms with E-state index in [2.05, 4.69) is 60.6 Å². The van der Waals surface area contributed by atoms with E-state index in [1.54, 1.807) is 0 Å². The molecule has 0 aliphatic rings. The first kappa shape index (κ1) is 21.8. The summed E-state index contributed by atoms with van der Waals surface area (Å²) in [6.45, 7) is 10.2. The van der Waals surface area contributed by atoms with Crippen LogP contribution in [-0.4, -0.2) is 5.78 Å². The van der Waals surface area contributed by atoms with Crippen LogP contribution >= 0.6 is 15.9 Å². The summed E-state index contributed by atoms with van der Waals surface area (Å²) in [5.41, 5.74) is 6.66. The molecule has 1 nitrogen and oxygen atoms in total. The van der Waals surface area contributed by atoms with Gasteiger partial charge in [0.05, 0.1) is 0 Å². The third kappa shape index (κ3) is 6.94. The molecular weight excluding hydrogens is 408 g/mol. The lowest BCUT2D eigenvalue weighted by Gasteiger charge is -2.09. The van der Waals surface area contributed by atoms with Crippen molar-refractivity contribution in [1.29, 1.82) is 0 Å². The Hall–Kier alpha value is -2.45. The zero-order valence-electron chi connectivity index (χ0n) is 16.8. The summed E-state index contributed by atoms with van der Waals surface area (Å²) in [6, 6.07) is 24.0. The van der Waals surface area contributed by atoms with Crippen LogP contribution in [-0.2, 0) is 12.8 Å². The zero-order chi connectivity index (χ0) is 20.5. The highest BCUT2D eigenvalue weighted by atomic mass is 79.9. The van der Waals surface area contributed by atoms with E-state index in [4.69, 9.17) is 0 Å². The average Bonchev–Trinajstić information content (AvgIpc) is 2.65. The van der Waals surface area contributed by atoms with Gasteiger partial charge in [0.25, 0.3) is 0 Å². The molecule has 0 amide bonds. The van der Waals surface area contributed by atoms with Gasteiger partial charge in [-0.3, -0.25) is 4.79 Å². The molecule has 2 heteroatoms. The molecule has 144 valence electrons. The predicted molar refractivity (Wildman–Crippen MR) is 123 cm³/mol. The Morgan fingerprint density at radius 2 is 1.43 bits per heavy atom. The van der Waals surface area contributed by atoms with Crippen molar-refractivity contribution in [1.82, 2.24) is 0 Å². The SMILES string of the molecule is C=C(C)Cc1cc(Br)ccc1C(=O)Cc1ccccc1.Cc1ccccc1C. The molecule has 0 fully saturated rings. The summed E-state index contributed by atoms with van der Waals surface area (Å²) in [6.07, 6.45) is 1.17. The second kappa shape index (κ2) is 10.8. The lowest BCUT2D eigenvalue weighted by atomic mass is 9.95. The number of Topliss-reactive ketones (excluding diaryl/α,β-unsaturated/α-hetero) is 1. The second-order valence-corrected chi connectivity index (χ2v) is 8.02. The van der Waals surface area contributed by atoms with Gasteiger partial charge in [-0.1, -0.05) is 82.7 Å². The molecule has 28 heavy (non-hydrogen) atoms. The van der Waals surface area contributed by atoms with Gasteiger partial charge in [0, 0.05) is 16.5 Å². The highest BCUT2D eigenvalue weighted by molar-refractivity contribution is 9.10. The molecule has 3 rings (SSSR count). The van der Waals surface area contributed by atoms with Gasteiger partial charge in [-0.25, -0.2) is 0 Å². The first-order valence-electron chi connectivity index (χ1n) is 9.39. The Bertz CT molecular complexity index is 921. The van der Waals surface area contributed by atoms with Gasteiger partial charge < -0.3 is 0 Å². The smallest absolute Gasteiger partial charge is 0.167 e. The molecule has 0 atom stereocenters. The van der Waals surface area contributed by atoms with E-state index in [1.807, 2.05) is 55.5 Å². The minimum Gasteiger partial charge on any atom is -0.294 e. The van der Waals surface area contributed by atoms with Crippen LogP contribution < -0.4 is 0 Å². The minimum absolute atomic E-state index is 0.153. The first-order chi connectivity index (χ1) is 13.4. The zero-order valence-corrected chi connectivity index (χ0v) is 18.4. The molecule has 3 aromatic rings. The van der Waals surface area contributed by atoms with Gasteiger partial charge in [0.2, 0.25) is 0 Å². The fraction of sp³-hybridized carbons (Fsp3) is 0.192. The Labute approximate surface area is 177 Å². The monoisotopic (exact) mass is 434 g/mol. The molecule has 0 N–H and O–H groups in total. The first-order valence-corrected chi connectivity index (χ1v) is 10.2. The maximum atomic E-state index is 12.5. The van der Waals surface area contributed by atoms with E-state index in [0.29, 0.717) is 6.42 Å². The second-order valence-electron chi connectivity index (χ2n) is 7.11. The summed E-state index contributed by atoms with van der Waals surface area (Å²) in [5.74, 6) is 0.153. The summed E-state index contributed by atoms with van der Waals surface area (Å²) in [5, 5.41) is 0. The number of aryl methyl sites for hydroxylation is 2. The largest absolute Gasteiger partial charge is 0.294 e. The van der Waals surface area contributed by atoms with Crippen LogP contribution in [0.1, 0.15) is 39.5 Å². The number of ketones is 1.